The van der Waals surface area contributed by atoms with Crippen LogP contribution in [0.5, 0.6) is 0 Å². The number of halogens is 1. The van der Waals surface area contributed by atoms with E-state index in [9.17, 15) is 0 Å². The summed E-state index contributed by atoms with van der Waals surface area (Å²) in [5.41, 5.74) is 2.69. The third kappa shape index (κ3) is 8.09. The molecule has 2 rings (SSSR count). The number of hydrogen-bond donors (Lipinski definition) is 2. The number of nitrogens with zero attached hydrogens (tertiary/aromatic N) is 3. The molecule has 0 aromatic heterocycles. The van der Waals surface area contributed by atoms with Crippen LogP contribution in [0.15, 0.2) is 29.3 Å². The molecule has 1 aliphatic rings. The highest BCUT2D eigenvalue weighted by molar-refractivity contribution is 14.0. The first-order valence-electron chi connectivity index (χ1n) is 9.20. The first kappa shape index (κ1) is 23.0. The Morgan fingerprint density at radius 3 is 2.54 bits per heavy atom. The van der Waals surface area contributed by atoms with E-state index in [-0.39, 0.29) is 24.0 Å². The Kier molecular flexibility index (Phi) is 11.6. The number of rotatable bonds is 8. The molecule has 0 bridgehead atoms. The Morgan fingerprint density at radius 1 is 1.15 bits per heavy atom. The zero-order chi connectivity index (χ0) is 17.9. The van der Waals surface area contributed by atoms with Crippen LogP contribution < -0.4 is 15.5 Å². The molecule has 0 spiro atoms. The van der Waals surface area contributed by atoms with Gasteiger partial charge in [0.2, 0.25) is 0 Å². The molecule has 1 aromatic rings. The largest absolute Gasteiger partial charge is 0.383 e. The number of piperazine rings is 1. The summed E-state index contributed by atoms with van der Waals surface area (Å²) in [4.78, 5) is 9.25. The summed E-state index contributed by atoms with van der Waals surface area (Å²) in [5.74, 6) is 0.848. The minimum absolute atomic E-state index is 0. The maximum atomic E-state index is 5.03. The molecule has 0 radical (unpaired) electrons. The van der Waals surface area contributed by atoms with Crippen molar-refractivity contribution in [2.24, 2.45) is 4.99 Å². The molecular formula is C19H34IN5O. The quantitative estimate of drug-likeness (QED) is 0.261. The second-order valence-corrected chi connectivity index (χ2v) is 6.44. The molecular weight excluding hydrogens is 441 g/mol. The Hall–Kier alpha value is -1.06. The van der Waals surface area contributed by atoms with E-state index in [0.717, 1.165) is 58.2 Å². The van der Waals surface area contributed by atoms with E-state index in [1.165, 1.54) is 11.3 Å². The van der Waals surface area contributed by atoms with Gasteiger partial charge in [-0.3, -0.25) is 9.89 Å². The van der Waals surface area contributed by atoms with Gasteiger partial charge >= 0.3 is 0 Å². The number of guanidine groups is 1. The molecule has 0 unspecified atom stereocenters. The molecule has 0 amide bonds. The van der Waals surface area contributed by atoms with Gasteiger partial charge in [0.15, 0.2) is 5.96 Å². The molecule has 0 aliphatic carbocycles. The van der Waals surface area contributed by atoms with Crippen LogP contribution >= 0.6 is 24.0 Å². The molecule has 1 aromatic carbocycles. The maximum Gasteiger partial charge on any atom is 0.191 e. The van der Waals surface area contributed by atoms with E-state index < -0.39 is 0 Å². The lowest BCUT2D eigenvalue weighted by Crippen LogP contribution is -2.47. The molecule has 1 aliphatic heterocycles. The summed E-state index contributed by atoms with van der Waals surface area (Å²) in [6.07, 6.45) is 1.12. The standard InChI is InChI=1S/C19H33N5O.HI/c1-17-6-4-7-18(16-17)24-13-11-23(12-14-24)10-5-8-21-19(20-2)22-9-15-25-3;/h4,6-7,16H,5,8-15H2,1-3H3,(H2,20,21,22);1H. The minimum Gasteiger partial charge on any atom is -0.383 e. The number of nitrogens with one attached hydrogen (secondary N) is 2. The van der Waals surface area contributed by atoms with Crippen molar-refractivity contribution in [2.45, 2.75) is 13.3 Å². The summed E-state index contributed by atoms with van der Waals surface area (Å²) < 4.78 is 5.03. The van der Waals surface area contributed by atoms with E-state index >= 15 is 0 Å². The fourth-order valence-electron chi connectivity index (χ4n) is 3.06. The zero-order valence-corrected chi connectivity index (χ0v) is 18.7. The smallest absolute Gasteiger partial charge is 0.191 e. The molecule has 1 heterocycles. The van der Waals surface area contributed by atoms with Crippen LogP contribution in [-0.4, -0.2) is 77.4 Å². The Morgan fingerprint density at radius 2 is 1.88 bits per heavy atom. The van der Waals surface area contributed by atoms with Crippen LogP contribution in [0, 0.1) is 6.92 Å². The topological polar surface area (TPSA) is 52.1 Å². The predicted molar refractivity (Wildman–Crippen MR) is 121 cm³/mol. The lowest BCUT2D eigenvalue weighted by Gasteiger charge is -2.36. The number of benzene rings is 1. The van der Waals surface area contributed by atoms with Gasteiger partial charge in [-0.05, 0) is 37.6 Å². The van der Waals surface area contributed by atoms with Crippen LogP contribution in [0.1, 0.15) is 12.0 Å². The molecule has 0 saturated carbocycles. The Balaban J connectivity index is 0.00000338. The van der Waals surface area contributed by atoms with Gasteiger partial charge in [0, 0.05) is 59.1 Å². The average Bonchev–Trinajstić information content (AvgIpc) is 2.64. The van der Waals surface area contributed by atoms with E-state index in [1.807, 2.05) is 0 Å². The van der Waals surface area contributed by atoms with Crippen molar-refractivity contribution >= 4 is 35.6 Å². The SMILES string of the molecule is CN=C(NCCCN1CCN(c2cccc(C)c2)CC1)NCCOC.I. The van der Waals surface area contributed by atoms with Crippen LogP contribution in [0.3, 0.4) is 0 Å². The summed E-state index contributed by atoms with van der Waals surface area (Å²) in [7, 11) is 3.50. The van der Waals surface area contributed by atoms with E-state index in [0.29, 0.717) is 6.61 Å². The number of ether oxygens (including phenoxy) is 1. The van der Waals surface area contributed by atoms with Crippen LogP contribution in [-0.2, 0) is 4.74 Å². The molecule has 0 atom stereocenters. The average molecular weight is 475 g/mol. The number of aliphatic imine (C=N–C) groups is 1. The fraction of sp³-hybridized carbons (Fsp3) is 0.632. The second kappa shape index (κ2) is 13.2. The van der Waals surface area contributed by atoms with Gasteiger partial charge in [0.05, 0.1) is 6.61 Å². The summed E-state index contributed by atoms with van der Waals surface area (Å²) in [6, 6.07) is 8.80. The van der Waals surface area contributed by atoms with Crippen LogP contribution in [0.25, 0.3) is 0 Å². The number of methoxy groups -OCH3 is 1. The highest BCUT2D eigenvalue weighted by atomic mass is 127. The summed E-state index contributed by atoms with van der Waals surface area (Å²) in [5, 5.41) is 6.59. The first-order valence-corrected chi connectivity index (χ1v) is 9.20. The van der Waals surface area contributed by atoms with Crippen molar-refractivity contribution in [2.75, 3.05) is 71.5 Å². The third-order valence-electron chi connectivity index (χ3n) is 4.50. The minimum atomic E-state index is 0. The monoisotopic (exact) mass is 475 g/mol. The molecule has 26 heavy (non-hydrogen) atoms. The maximum absolute atomic E-state index is 5.03. The first-order chi connectivity index (χ1) is 12.2. The number of aryl methyl sites for hydroxylation is 1. The molecule has 1 saturated heterocycles. The molecule has 6 nitrogen and oxygen atoms in total. The van der Waals surface area contributed by atoms with Gasteiger partial charge < -0.3 is 20.3 Å². The van der Waals surface area contributed by atoms with Crippen molar-refractivity contribution in [1.29, 1.82) is 0 Å². The number of anilines is 1. The van der Waals surface area contributed by atoms with Gasteiger partial charge in [-0.2, -0.15) is 0 Å². The number of hydrogen-bond acceptors (Lipinski definition) is 4. The van der Waals surface area contributed by atoms with Crippen molar-refractivity contribution < 1.29 is 4.74 Å². The highest BCUT2D eigenvalue weighted by Gasteiger charge is 2.16. The van der Waals surface area contributed by atoms with E-state index in [1.54, 1.807) is 14.2 Å². The summed E-state index contributed by atoms with van der Waals surface area (Å²) >= 11 is 0. The van der Waals surface area contributed by atoms with E-state index in [4.69, 9.17) is 4.74 Å². The van der Waals surface area contributed by atoms with Gasteiger partial charge in [-0.25, -0.2) is 0 Å². The van der Waals surface area contributed by atoms with Crippen molar-refractivity contribution in [3.8, 4) is 0 Å². The van der Waals surface area contributed by atoms with Crippen molar-refractivity contribution in [1.82, 2.24) is 15.5 Å². The van der Waals surface area contributed by atoms with Gasteiger partial charge in [-0.1, -0.05) is 12.1 Å². The van der Waals surface area contributed by atoms with Crippen molar-refractivity contribution in [3.63, 3.8) is 0 Å². The highest BCUT2D eigenvalue weighted by Crippen LogP contribution is 2.17. The summed E-state index contributed by atoms with van der Waals surface area (Å²) in [6.45, 7) is 10.2. The lowest BCUT2D eigenvalue weighted by molar-refractivity contribution is 0.203. The lowest BCUT2D eigenvalue weighted by atomic mass is 10.2. The molecule has 2 N–H and O–H groups in total. The predicted octanol–water partition coefficient (Wildman–Crippen LogP) is 1.94. The Bertz CT molecular complexity index is 532. The second-order valence-electron chi connectivity index (χ2n) is 6.44. The molecule has 7 heteroatoms. The Labute approximate surface area is 175 Å². The van der Waals surface area contributed by atoms with Crippen molar-refractivity contribution in [3.05, 3.63) is 29.8 Å². The normalized spacial score (nSPS) is 15.5. The molecule has 148 valence electrons. The van der Waals surface area contributed by atoms with Gasteiger partial charge in [-0.15, -0.1) is 24.0 Å². The van der Waals surface area contributed by atoms with E-state index in [2.05, 4.69) is 56.6 Å². The fourth-order valence-corrected chi connectivity index (χ4v) is 3.06. The van der Waals surface area contributed by atoms with Crippen LogP contribution in [0.4, 0.5) is 5.69 Å². The third-order valence-corrected chi connectivity index (χ3v) is 4.50. The zero-order valence-electron chi connectivity index (χ0n) is 16.3. The molecule has 1 fully saturated rings. The van der Waals surface area contributed by atoms with Crippen LogP contribution in [0.2, 0.25) is 0 Å². The van der Waals surface area contributed by atoms with Gasteiger partial charge in [0.25, 0.3) is 0 Å². The van der Waals surface area contributed by atoms with Gasteiger partial charge in [0.1, 0.15) is 0 Å².